The summed E-state index contributed by atoms with van der Waals surface area (Å²) in [6, 6.07) is 22.0. The Hall–Kier alpha value is -4.54. The van der Waals surface area contributed by atoms with Gasteiger partial charge in [-0.3, -0.25) is 19.2 Å². The Kier molecular flexibility index (Phi) is 10.0. The van der Waals surface area contributed by atoms with E-state index >= 15 is 0 Å². The van der Waals surface area contributed by atoms with E-state index in [1.807, 2.05) is 95.7 Å². The van der Waals surface area contributed by atoms with Crippen molar-refractivity contribution in [2.45, 2.75) is 50.6 Å². The molecule has 0 aliphatic carbocycles. The van der Waals surface area contributed by atoms with E-state index in [2.05, 4.69) is 10.6 Å². The Bertz CT molecular complexity index is 1560. The van der Waals surface area contributed by atoms with Crippen molar-refractivity contribution in [2.75, 3.05) is 23.7 Å². The molecule has 0 spiro atoms. The van der Waals surface area contributed by atoms with E-state index in [0.29, 0.717) is 50.1 Å². The molecular weight excluding hydrogens is 617 g/mol. The van der Waals surface area contributed by atoms with Crippen LogP contribution in [0.2, 0.25) is 0 Å². The fourth-order valence-electron chi connectivity index (χ4n) is 6.00. The van der Waals surface area contributed by atoms with E-state index in [1.165, 1.54) is 0 Å². The van der Waals surface area contributed by atoms with Crippen LogP contribution in [0.25, 0.3) is 12.2 Å². The van der Waals surface area contributed by atoms with Crippen molar-refractivity contribution in [3.8, 4) is 0 Å². The maximum Gasteiger partial charge on any atom is 0.247 e. The molecular formula is C36H36N4O4S2. The molecule has 0 radical (unpaired) electrons. The molecule has 2 aromatic heterocycles. The SMILES string of the molecule is O=C(Nc1ccc(/C=C/c2ccc(NC(=O)[C@@H]3CCCN3C(=O)Cc3cccs3)cc2)cc1)[C@@H]1CCCN1C(=O)Cc1cccs1. The second-order valence-corrected chi connectivity index (χ2v) is 13.6. The maximum atomic E-state index is 13.0. The highest BCUT2D eigenvalue weighted by Crippen LogP contribution is 2.24. The lowest BCUT2D eigenvalue weighted by Crippen LogP contribution is -2.43. The molecule has 8 nitrogen and oxygen atoms in total. The molecule has 46 heavy (non-hydrogen) atoms. The quantitative estimate of drug-likeness (QED) is 0.196. The number of thiophene rings is 2. The van der Waals surface area contributed by atoms with Gasteiger partial charge < -0.3 is 20.4 Å². The Morgan fingerprint density at radius 2 is 1.04 bits per heavy atom. The zero-order valence-corrected chi connectivity index (χ0v) is 27.0. The van der Waals surface area contributed by atoms with E-state index in [1.54, 1.807) is 32.5 Å². The van der Waals surface area contributed by atoms with Crippen LogP contribution in [0, 0.1) is 0 Å². The molecule has 2 aliphatic rings. The van der Waals surface area contributed by atoms with Crippen LogP contribution in [0.1, 0.15) is 46.6 Å². The third-order valence-corrected chi connectivity index (χ3v) is 10.1. The van der Waals surface area contributed by atoms with E-state index in [9.17, 15) is 19.2 Å². The molecule has 2 atom stereocenters. The molecule has 2 fully saturated rings. The topological polar surface area (TPSA) is 98.8 Å². The van der Waals surface area contributed by atoms with Gasteiger partial charge in [0.2, 0.25) is 23.6 Å². The molecule has 4 heterocycles. The van der Waals surface area contributed by atoms with Crippen LogP contribution in [0.5, 0.6) is 0 Å². The molecule has 2 aromatic carbocycles. The third kappa shape index (κ3) is 7.81. The monoisotopic (exact) mass is 652 g/mol. The van der Waals surface area contributed by atoms with Gasteiger partial charge in [-0.1, -0.05) is 48.6 Å². The molecule has 6 rings (SSSR count). The van der Waals surface area contributed by atoms with Crippen LogP contribution in [0.4, 0.5) is 11.4 Å². The summed E-state index contributed by atoms with van der Waals surface area (Å²) in [6.07, 6.45) is 7.60. The number of hydrogen-bond acceptors (Lipinski definition) is 6. The lowest BCUT2D eigenvalue weighted by Gasteiger charge is -2.24. The normalized spacial score (nSPS) is 17.8. The van der Waals surface area contributed by atoms with Gasteiger partial charge in [0.25, 0.3) is 0 Å². The van der Waals surface area contributed by atoms with Crippen molar-refractivity contribution >= 4 is 69.8 Å². The summed E-state index contributed by atoms with van der Waals surface area (Å²) in [5.74, 6) is -0.321. The van der Waals surface area contributed by atoms with Crippen LogP contribution in [0.15, 0.2) is 83.6 Å². The van der Waals surface area contributed by atoms with Gasteiger partial charge >= 0.3 is 0 Å². The standard InChI is InChI=1S/C36H36N4O4S2/c41-33(23-29-5-3-21-45-29)39-19-1-7-31(39)35(43)37-27-15-11-25(12-16-27)9-10-26-13-17-28(18-14-26)38-36(44)32-8-2-20-40(32)34(42)24-30-6-4-22-46-30/h3-6,9-18,21-22,31-32H,1-2,7-8,19-20,23-24H2,(H,37,43)(H,38,44)/b10-9+/t31-,32-/m0/s1. The van der Waals surface area contributed by atoms with Crippen LogP contribution in [0.3, 0.4) is 0 Å². The predicted molar refractivity (Wildman–Crippen MR) is 185 cm³/mol. The Labute approximate surface area is 276 Å². The lowest BCUT2D eigenvalue weighted by molar-refractivity contribution is -0.136. The summed E-state index contributed by atoms with van der Waals surface area (Å²) in [7, 11) is 0. The molecule has 2 N–H and O–H groups in total. The Morgan fingerprint density at radius 1 is 0.630 bits per heavy atom. The van der Waals surface area contributed by atoms with Crippen molar-refractivity contribution in [1.82, 2.24) is 9.80 Å². The van der Waals surface area contributed by atoms with Gasteiger partial charge in [-0.2, -0.15) is 0 Å². The predicted octanol–water partition coefficient (Wildman–Crippen LogP) is 6.32. The highest BCUT2D eigenvalue weighted by atomic mass is 32.1. The fraction of sp³-hybridized carbons (Fsp3) is 0.278. The summed E-state index contributed by atoms with van der Waals surface area (Å²) in [6.45, 7) is 1.21. The number of hydrogen-bond donors (Lipinski definition) is 2. The number of carbonyl (C=O) groups excluding carboxylic acids is 4. The first-order valence-corrected chi connectivity index (χ1v) is 17.3. The van der Waals surface area contributed by atoms with Crippen molar-refractivity contribution in [1.29, 1.82) is 0 Å². The highest BCUT2D eigenvalue weighted by molar-refractivity contribution is 7.10. The summed E-state index contributed by atoms with van der Waals surface area (Å²) in [4.78, 5) is 57.2. The summed E-state index contributed by atoms with van der Waals surface area (Å²) < 4.78 is 0. The Balaban J connectivity index is 0.987. The zero-order valence-electron chi connectivity index (χ0n) is 25.4. The van der Waals surface area contributed by atoms with Crippen molar-refractivity contribution in [3.05, 3.63) is 104 Å². The Morgan fingerprint density at radius 3 is 1.41 bits per heavy atom. The van der Waals surface area contributed by atoms with Gasteiger partial charge in [0.05, 0.1) is 12.8 Å². The first kappa shape index (κ1) is 31.4. The van der Waals surface area contributed by atoms with E-state index in [0.717, 1.165) is 33.7 Å². The second-order valence-electron chi connectivity index (χ2n) is 11.6. The van der Waals surface area contributed by atoms with Gasteiger partial charge in [0.1, 0.15) is 12.1 Å². The number of amides is 4. The van der Waals surface area contributed by atoms with E-state index < -0.39 is 12.1 Å². The molecule has 0 unspecified atom stereocenters. The average Bonchev–Trinajstić information content (AvgIpc) is 3.89. The summed E-state index contributed by atoms with van der Waals surface area (Å²) in [5, 5.41) is 9.87. The molecule has 4 amide bonds. The average molecular weight is 653 g/mol. The van der Waals surface area contributed by atoms with Gasteiger partial charge in [-0.05, 0) is 84.0 Å². The number of benzene rings is 2. The highest BCUT2D eigenvalue weighted by Gasteiger charge is 2.35. The zero-order chi connectivity index (χ0) is 31.9. The summed E-state index contributed by atoms with van der Waals surface area (Å²) in [5.41, 5.74) is 3.32. The van der Waals surface area contributed by atoms with Gasteiger partial charge in [-0.25, -0.2) is 0 Å². The minimum Gasteiger partial charge on any atom is -0.330 e. The van der Waals surface area contributed by atoms with Crippen LogP contribution >= 0.6 is 22.7 Å². The number of nitrogens with zero attached hydrogens (tertiary/aromatic N) is 2. The largest absolute Gasteiger partial charge is 0.330 e. The molecule has 2 saturated heterocycles. The van der Waals surface area contributed by atoms with Crippen LogP contribution < -0.4 is 10.6 Å². The third-order valence-electron chi connectivity index (χ3n) is 8.39. The molecule has 0 saturated carbocycles. The van der Waals surface area contributed by atoms with Gasteiger partial charge in [0.15, 0.2) is 0 Å². The van der Waals surface area contributed by atoms with Gasteiger partial charge in [0, 0.05) is 34.2 Å². The smallest absolute Gasteiger partial charge is 0.247 e. The molecule has 0 bridgehead atoms. The molecule has 2 aliphatic heterocycles. The van der Waals surface area contributed by atoms with E-state index in [-0.39, 0.29) is 23.6 Å². The first-order chi connectivity index (χ1) is 22.4. The minimum atomic E-state index is -0.448. The number of likely N-dealkylation sites (tertiary alicyclic amines) is 2. The number of anilines is 2. The number of nitrogens with one attached hydrogen (secondary N) is 2. The minimum absolute atomic E-state index is 0.00612. The van der Waals surface area contributed by atoms with E-state index in [4.69, 9.17) is 0 Å². The first-order valence-electron chi connectivity index (χ1n) is 15.6. The second kappa shape index (κ2) is 14.7. The fourth-order valence-corrected chi connectivity index (χ4v) is 7.39. The maximum absolute atomic E-state index is 13.0. The van der Waals surface area contributed by atoms with Crippen LogP contribution in [-0.2, 0) is 32.0 Å². The van der Waals surface area contributed by atoms with Crippen molar-refractivity contribution < 1.29 is 19.2 Å². The van der Waals surface area contributed by atoms with Crippen LogP contribution in [-0.4, -0.2) is 58.6 Å². The molecule has 4 aromatic rings. The summed E-state index contributed by atoms with van der Waals surface area (Å²) >= 11 is 3.11. The molecule has 10 heteroatoms. The van der Waals surface area contributed by atoms with Gasteiger partial charge in [-0.15, -0.1) is 22.7 Å². The molecule has 236 valence electrons. The number of carbonyl (C=O) groups is 4. The van der Waals surface area contributed by atoms with Crippen molar-refractivity contribution in [2.24, 2.45) is 0 Å². The number of rotatable bonds is 10. The lowest BCUT2D eigenvalue weighted by atomic mass is 10.1. The van der Waals surface area contributed by atoms with Crippen molar-refractivity contribution in [3.63, 3.8) is 0 Å².